The molecule has 6 aromatic rings. The van der Waals surface area contributed by atoms with E-state index in [0.717, 1.165) is 21.7 Å². The van der Waals surface area contributed by atoms with Crippen LogP contribution in [-0.2, 0) is 7.05 Å². The highest BCUT2D eigenvalue weighted by Crippen LogP contribution is 2.31. The molecule has 0 spiro atoms. The predicted molar refractivity (Wildman–Crippen MR) is 139 cm³/mol. The van der Waals surface area contributed by atoms with Crippen LogP contribution >= 0.6 is 11.3 Å². The Labute approximate surface area is 214 Å². The number of pyridine rings is 1. The molecule has 0 aliphatic rings. The summed E-state index contributed by atoms with van der Waals surface area (Å²) in [5.74, 6) is -0.224. The highest BCUT2D eigenvalue weighted by molar-refractivity contribution is 7.17. The van der Waals surface area contributed by atoms with E-state index in [-0.39, 0.29) is 11.7 Å². The van der Waals surface area contributed by atoms with Gasteiger partial charge in [0.15, 0.2) is 11.5 Å². The van der Waals surface area contributed by atoms with Crippen molar-refractivity contribution in [2.45, 2.75) is 6.92 Å². The molecule has 0 saturated heterocycles. The van der Waals surface area contributed by atoms with Crippen LogP contribution in [0.3, 0.4) is 0 Å². The molecule has 1 N–H and O–H groups in total. The molecule has 37 heavy (non-hydrogen) atoms. The predicted octanol–water partition coefficient (Wildman–Crippen LogP) is 5.02. The molecule has 1 amide bonds. The first-order valence-corrected chi connectivity index (χ1v) is 12.1. The fourth-order valence-corrected chi connectivity index (χ4v) is 4.95. The molecule has 1 aromatic carbocycles. The molecule has 0 atom stereocenters. The third kappa shape index (κ3) is 4.36. The normalized spacial score (nSPS) is 11.2. The summed E-state index contributed by atoms with van der Waals surface area (Å²) in [6.45, 7) is 1.81. The van der Waals surface area contributed by atoms with E-state index >= 15 is 0 Å². The first-order chi connectivity index (χ1) is 17.9. The third-order valence-corrected chi connectivity index (χ3v) is 6.92. The lowest BCUT2D eigenvalue weighted by molar-refractivity contribution is 0.102. The summed E-state index contributed by atoms with van der Waals surface area (Å²) in [6, 6.07) is 13.5. The number of rotatable bonds is 5. The minimum Gasteiger partial charge on any atom is -0.304 e. The number of amides is 1. The summed E-state index contributed by atoms with van der Waals surface area (Å²) in [6.07, 6.45) is 6.90. The zero-order chi connectivity index (χ0) is 25.5. The Morgan fingerprint density at radius 3 is 2.51 bits per heavy atom. The van der Waals surface area contributed by atoms with Gasteiger partial charge < -0.3 is 5.32 Å². The van der Waals surface area contributed by atoms with Crippen molar-refractivity contribution in [3.8, 4) is 33.1 Å². The second-order valence-electron chi connectivity index (χ2n) is 8.34. The molecule has 0 bridgehead atoms. The minimum atomic E-state index is -0.309. The second kappa shape index (κ2) is 9.03. The van der Waals surface area contributed by atoms with Gasteiger partial charge in [-0.25, -0.2) is 18.9 Å². The lowest BCUT2D eigenvalue weighted by Crippen LogP contribution is -2.11. The van der Waals surface area contributed by atoms with Gasteiger partial charge in [-0.15, -0.1) is 11.3 Å². The number of imidazole rings is 1. The maximum absolute atomic E-state index is 13.4. The van der Waals surface area contributed by atoms with Gasteiger partial charge in [0, 0.05) is 42.3 Å². The van der Waals surface area contributed by atoms with Crippen LogP contribution in [0.4, 0.5) is 10.2 Å². The van der Waals surface area contributed by atoms with E-state index in [4.69, 9.17) is 0 Å². The first kappa shape index (κ1) is 22.7. The van der Waals surface area contributed by atoms with Gasteiger partial charge in [0.25, 0.3) is 5.91 Å². The van der Waals surface area contributed by atoms with Crippen molar-refractivity contribution in [1.29, 1.82) is 0 Å². The van der Waals surface area contributed by atoms with Crippen LogP contribution in [0.25, 0.3) is 38.7 Å². The number of benzene rings is 1. The van der Waals surface area contributed by atoms with Crippen molar-refractivity contribution >= 4 is 28.7 Å². The number of nitrogens with zero attached hydrogens (tertiary/aromatic N) is 7. The lowest BCUT2D eigenvalue weighted by atomic mass is 10.1. The lowest BCUT2D eigenvalue weighted by Gasteiger charge is -2.03. The van der Waals surface area contributed by atoms with Gasteiger partial charge in [-0.3, -0.25) is 14.5 Å². The SMILES string of the molecule is Cc1nc(-c2ccncc2)sc1C(=O)Nc1cn2nc(-c3cn(C)nc3-c3ccc(F)cc3)ccc2n1. The fourth-order valence-electron chi connectivity index (χ4n) is 3.98. The van der Waals surface area contributed by atoms with Crippen molar-refractivity contribution in [2.75, 3.05) is 5.32 Å². The van der Waals surface area contributed by atoms with Gasteiger partial charge >= 0.3 is 0 Å². The largest absolute Gasteiger partial charge is 0.304 e. The van der Waals surface area contributed by atoms with Crippen LogP contribution in [0.1, 0.15) is 15.4 Å². The van der Waals surface area contributed by atoms with Crippen LogP contribution in [0.5, 0.6) is 0 Å². The number of aromatic nitrogens is 7. The maximum Gasteiger partial charge on any atom is 0.268 e. The number of aryl methyl sites for hydroxylation is 2. The molecule has 5 heterocycles. The number of fused-ring (bicyclic) bond motifs is 1. The summed E-state index contributed by atoms with van der Waals surface area (Å²) in [5.41, 5.74) is 5.04. The van der Waals surface area contributed by atoms with Crippen molar-refractivity contribution in [3.63, 3.8) is 0 Å². The van der Waals surface area contributed by atoms with E-state index < -0.39 is 0 Å². The number of nitrogens with one attached hydrogen (secondary N) is 1. The summed E-state index contributed by atoms with van der Waals surface area (Å²) in [7, 11) is 1.82. The summed E-state index contributed by atoms with van der Waals surface area (Å²) in [4.78, 5) is 26.6. The molecule has 9 nitrogen and oxygen atoms in total. The number of hydrogen-bond donors (Lipinski definition) is 1. The Kier molecular flexibility index (Phi) is 5.53. The van der Waals surface area contributed by atoms with E-state index in [1.165, 1.54) is 23.5 Å². The molecule has 0 radical (unpaired) electrons. The van der Waals surface area contributed by atoms with Gasteiger partial charge in [0.1, 0.15) is 21.4 Å². The highest BCUT2D eigenvalue weighted by Gasteiger charge is 2.19. The van der Waals surface area contributed by atoms with Crippen molar-refractivity contribution in [2.24, 2.45) is 7.05 Å². The summed E-state index contributed by atoms with van der Waals surface area (Å²) >= 11 is 1.32. The number of hydrogen-bond acceptors (Lipinski definition) is 7. The van der Waals surface area contributed by atoms with Gasteiger partial charge in [-0.1, -0.05) is 0 Å². The quantitative estimate of drug-likeness (QED) is 0.350. The van der Waals surface area contributed by atoms with Gasteiger partial charge in [0.2, 0.25) is 0 Å². The van der Waals surface area contributed by atoms with Crippen LogP contribution in [0.15, 0.2) is 73.3 Å². The van der Waals surface area contributed by atoms with Gasteiger partial charge in [-0.2, -0.15) is 10.2 Å². The molecule has 5 aromatic heterocycles. The average Bonchev–Trinajstić information content (AvgIpc) is 3.60. The van der Waals surface area contributed by atoms with E-state index in [1.807, 2.05) is 37.5 Å². The van der Waals surface area contributed by atoms with Crippen molar-refractivity contribution < 1.29 is 9.18 Å². The standard InChI is InChI=1S/C26H19FN8OS/c1-15-24(37-26(29-15)17-9-11-28-12-10-17)25(36)31-21-14-35-22(30-21)8-7-20(32-35)19-13-34(2)33-23(19)16-3-5-18(27)6-4-16/h3-14H,1-2H3,(H,31,36). The fraction of sp³-hybridized carbons (Fsp3) is 0.0769. The van der Waals surface area contributed by atoms with Gasteiger partial charge in [0.05, 0.1) is 17.6 Å². The Balaban J connectivity index is 1.28. The number of thiazole rings is 1. The molecular formula is C26H19FN8OS. The van der Waals surface area contributed by atoms with Gasteiger partial charge in [-0.05, 0) is 55.5 Å². The molecular weight excluding hydrogens is 491 g/mol. The first-order valence-electron chi connectivity index (χ1n) is 11.3. The Morgan fingerprint density at radius 1 is 0.946 bits per heavy atom. The molecule has 0 fully saturated rings. The van der Waals surface area contributed by atoms with E-state index in [1.54, 1.807) is 46.8 Å². The smallest absolute Gasteiger partial charge is 0.268 e. The third-order valence-electron chi connectivity index (χ3n) is 5.71. The van der Waals surface area contributed by atoms with Crippen LogP contribution in [-0.4, -0.2) is 40.3 Å². The van der Waals surface area contributed by atoms with Crippen molar-refractivity contribution in [3.05, 3.63) is 89.7 Å². The molecule has 0 aliphatic heterocycles. The van der Waals surface area contributed by atoms with E-state index in [0.29, 0.717) is 33.4 Å². The molecule has 11 heteroatoms. The molecule has 0 unspecified atom stereocenters. The number of halogens is 1. The molecule has 0 aliphatic carbocycles. The Morgan fingerprint density at radius 2 is 1.73 bits per heavy atom. The maximum atomic E-state index is 13.4. The van der Waals surface area contributed by atoms with E-state index in [9.17, 15) is 9.18 Å². The highest BCUT2D eigenvalue weighted by atomic mass is 32.1. The molecule has 0 saturated carbocycles. The number of anilines is 1. The van der Waals surface area contributed by atoms with E-state index in [2.05, 4.69) is 30.5 Å². The monoisotopic (exact) mass is 510 g/mol. The Hall–Kier alpha value is -4.77. The second-order valence-corrected chi connectivity index (χ2v) is 9.34. The Bertz CT molecular complexity index is 1760. The average molecular weight is 511 g/mol. The van der Waals surface area contributed by atoms with Crippen LogP contribution in [0.2, 0.25) is 0 Å². The number of carbonyl (C=O) groups is 1. The van der Waals surface area contributed by atoms with Crippen LogP contribution < -0.4 is 5.32 Å². The zero-order valence-electron chi connectivity index (χ0n) is 19.8. The summed E-state index contributed by atoms with van der Waals surface area (Å²) < 4.78 is 16.7. The topological polar surface area (TPSA) is 103 Å². The minimum absolute atomic E-state index is 0.287. The molecule has 6 rings (SSSR count). The number of carbonyl (C=O) groups excluding carboxylic acids is 1. The molecule has 182 valence electrons. The van der Waals surface area contributed by atoms with Crippen LogP contribution in [0, 0.1) is 12.7 Å². The van der Waals surface area contributed by atoms with Crippen molar-refractivity contribution in [1.82, 2.24) is 34.3 Å². The zero-order valence-corrected chi connectivity index (χ0v) is 20.6. The summed E-state index contributed by atoms with van der Waals surface area (Å²) in [5, 5.41) is 12.8.